The van der Waals surface area contributed by atoms with E-state index in [4.69, 9.17) is 0 Å². The Kier molecular flexibility index (Phi) is 3.41. The molecule has 6 heteroatoms. The first kappa shape index (κ1) is 13.0. The van der Waals surface area contributed by atoms with Gasteiger partial charge in [-0.1, -0.05) is 12.1 Å². The number of nitrogens with zero attached hydrogens (tertiary/aromatic N) is 2. The molecule has 2 rings (SSSR count). The van der Waals surface area contributed by atoms with Crippen LogP contribution in [0.15, 0.2) is 24.3 Å². The fourth-order valence-corrected chi connectivity index (χ4v) is 3.41. The van der Waals surface area contributed by atoms with E-state index in [1.54, 1.807) is 31.3 Å². The van der Waals surface area contributed by atoms with Gasteiger partial charge in [-0.25, -0.2) is 0 Å². The minimum Gasteiger partial charge on any atom is -0.295 e. The highest BCUT2D eigenvalue weighted by Crippen LogP contribution is 2.24. The lowest BCUT2D eigenvalue weighted by molar-refractivity contribution is 0.101. The van der Waals surface area contributed by atoms with Crippen LogP contribution >= 0.6 is 0 Å². The van der Waals surface area contributed by atoms with E-state index < -0.39 is 10.2 Å². The van der Waals surface area contributed by atoms with Gasteiger partial charge in [0.1, 0.15) is 0 Å². The zero-order chi connectivity index (χ0) is 13.3. The number of anilines is 1. The zero-order valence-corrected chi connectivity index (χ0v) is 11.3. The van der Waals surface area contributed by atoms with Gasteiger partial charge in [0.2, 0.25) is 0 Å². The molecule has 5 nitrogen and oxygen atoms in total. The molecule has 0 amide bonds. The summed E-state index contributed by atoms with van der Waals surface area (Å²) in [5.74, 6) is -0.0698. The van der Waals surface area contributed by atoms with Crippen molar-refractivity contribution in [3.8, 4) is 0 Å². The Morgan fingerprint density at radius 2 is 2.00 bits per heavy atom. The minimum atomic E-state index is -3.44. The van der Waals surface area contributed by atoms with Gasteiger partial charge in [-0.2, -0.15) is 12.7 Å². The summed E-state index contributed by atoms with van der Waals surface area (Å²) in [4.78, 5) is 11.3. The van der Waals surface area contributed by atoms with Crippen LogP contribution in [0.3, 0.4) is 0 Å². The Bertz CT molecular complexity index is 568. The molecule has 0 unspecified atom stereocenters. The normalized spacial score (nSPS) is 19.8. The summed E-state index contributed by atoms with van der Waals surface area (Å²) in [6.45, 7) is 2.45. The monoisotopic (exact) mass is 268 g/mol. The number of Topliss-reactive ketones (excluding diaryl/α,β-unsaturated/α-hetero) is 1. The highest BCUT2D eigenvalue weighted by Gasteiger charge is 2.31. The fourth-order valence-electron chi connectivity index (χ4n) is 1.98. The summed E-state index contributed by atoms with van der Waals surface area (Å²) in [5, 5.41) is 0. The predicted octanol–water partition coefficient (Wildman–Crippen LogP) is 1.28. The molecule has 0 radical (unpaired) electrons. The molecule has 1 aromatic rings. The van der Waals surface area contributed by atoms with Crippen LogP contribution in [0.25, 0.3) is 0 Å². The molecule has 1 heterocycles. The van der Waals surface area contributed by atoms with Crippen molar-refractivity contribution in [3.05, 3.63) is 29.8 Å². The molecule has 0 N–H and O–H groups in total. The van der Waals surface area contributed by atoms with Gasteiger partial charge in [0.05, 0.1) is 5.69 Å². The molecule has 1 fully saturated rings. The lowest BCUT2D eigenvalue weighted by Gasteiger charge is -2.33. The van der Waals surface area contributed by atoms with Crippen molar-refractivity contribution < 1.29 is 13.2 Å². The molecule has 98 valence electrons. The summed E-state index contributed by atoms with van der Waals surface area (Å²) in [7, 11) is -1.88. The second kappa shape index (κ2) is 4.70. The molecule has 0 atom stereocenters. The van der Waals surface area contributed by atoms with Crippen LogP contribution < -0.4 is 4.31 Å². The van der Waals surface area contributed by atoms with Crippen molar-refractivity contribution in [1.29, 1.82) is 0 Å². The third-order valence-electron chi connectivity index (χ3n) is 3.05. The molecule has 1 aliphatic heterocycles. The number of hydrogen-bond donors (Lipinski definition) is 0. The van der Waals surface area contributed by atoms with Crippen molar-refractivity contribution in [2.45, 2.75) is 13.3 Å². The first-order valence-electron chi connectivity index (χ1n) is 5.78. The largest absolute Gasteiger partial charge is 0.303 e. The number of carbonyl (C=O) groups is 1. The summed E-state index contributed by atoms with van der Waals surface area (Å²) in [6.07, 6.45) is 0.778. The van der Waals surface area contributed by atoms with Crippen LogP contribution in [0, 0.1) is 0 Å². The molecule has 1 saturated heterocycles. The van der Waals surface area contributed by atoms with E-state index in [1.807, 2.05) is 0 Å². The third kappa shape index (κ3) is 2.26. The van der Waals surface area contributed by atoms with Crippen molar-refractivity contribution >= 4 is 21.7 Å². The first-order valence-corrected chi connectivity index (χ1v) is 7.17. The van der Waals surface area contributed by atoms with E-state index in [2.05, 4.69) is 0 Å². The van der Waals surface area contributed by atoms with Crippen LogP contribution in [-0.4, -0.2) is 38.6 Å². The number of benzene rings is 1. The first-order chi connectivity index (χ1) is 8.43. The summed E-state index contributed by atoms with van der Waals surface area (Å²) in [5.41, 5.74) is 1.07. The highest BCUT2D eigenvalue weighted by atomic mass is 32.2. The van der Waals surface area contributed by atoms with E-state index in [1.165, 1.54) is 15.5 Å². The van der Waals surface area contributed by atoms with Crippen LogP contribution in [0.1, 0.15) is 23.7 Å². The van der Waals surface area contributed by atoms with Crippen molar-refractivity contribution in [3.63, 3.8) is 0 Å². The smallest absolute Gasteiger partial charge is 0.295 e. The van der Waals surface area contributed by atoms with Crippen molar-refractivity contribution in [2.24, 2.45) is 0 Å². The van der Waals surface area contributed by atoms with Crippen LogP contribution in [0.4, 0.5) is 5.69 Å². The lowest BCUT2D eigenvalue weighted by atomic mass is 10.1. The zero-order valence-electron chi connectivity index (χ0n) is 10.5. The van der Waals surface area contributed by atoms with E-state index in [-0.39, 0.29) is 5.78 Å². The van der Waals surface area contributed by atoms with Gasteiger partial charge in [-0.3, -0.25) is 9.10 Å². The van der Waals surface area contributed by atoms with Crippen LogP contribution in [0.2, 0.25) is 0 Å². The summed E-state index contributed by atoms with van der Waals surface area (Å²) < 4.78 is 27.0. The SMILES string of the molecule is CC(=O)c1cccc(N2CCCN(C)S2(=O)=O)c1. The molecule has 0 bridgehead atoms. The quantitative estimate of drug-likeness (QED) is 0.759. The Morgan fingerprint density at radius 3 is 2.67 bits per heavy atom. The molecule has 18 heavy (non-hydrogen) atoms. The molecule has 0 spiro atoms. The third-order valence-corrected chi connectivity index (χ3v) is 4.97. The topological polar surface area (TPSA) is 57.7 Å². The Balaban J connectivity index is 2.42. The van der Waals surface area contributed by atoms with Crippen molar-refractivity contribution in [2.75, 3.05) is 24.4 Å². The molecule has 0 aliphatic carbocycles. The number of carbonyl (C=O) groups excluding carboxylic acids is 1. The number of ketones is 1. The van der Waals surface area contributed by atoms with Crippen LogP contribution in [-0.2, 0) is 10.2 Å². The number of hydrogen-bond acceptors (Lipinski definition) is 3. The summed E-state index contributed by atoms with van der Waals surface area (Å²) in [6, 6.07) is 6.73. The lowest BCUT2D eigenvalue weighted by Crippen LogP contribution is -2.48. The Labute approximate surface area is 107 Å². The van der Waals surface area contributed by atoms with Gasteiger partial charge in [0, 0.05) is 25.7 Å². The molecular weight excluding hydrogens is 252 g/mol. The minimum absolute atomic E-state index is 0.0698. The second-order valence-corrected chi connectivity index (χ2v) is 6.32. The fraction of sp³-hybridized carbons (Fsp3) is 0.417. The van der Waals surface area contributed by atoms with Gasteiger partial charge in [0.15, 0.2) is 5.78 Å². The maximum absolute atomic E-state index is 12.2. The summed E-state index contributed by atoms with van der Waals surface area (Å²) >= 11 is 0. The maximum Gasteiger partial charge on any atom is 0.303 e. The van der Waals surface area contributed by atoms with E-state index in [0.29, 0.717) is 24.3 Å². The highest BCUT2D eigenvalue weighted by molar-refractivity contribution is 7.90. The Hall–Kier alpha value is -1.40. The van der Waals surface area contributed by atoms with Gasteiger partial charge in [0.25, 0.3) is 0 Å². The molecule has 1 aliphatic rings. The number of rotatable bonds is 2. The molecular formula is C12H16N2O3S. The van der Waals surface area contributed by atoms with Gasteiger partial charge in [-0.05, 0) is 25.5 Å². The van der Waals surface area contributed by atoms with Gasteiger partial charge < -0.3 is 0 Å². The maximum atomic E-state index is 12.2. The average molecular weight is 268 g/mol. The molecule has 0 saturated carbocycles. The molecule has 0 aromatic heterocycles. The predicted molar refractivity (Wildman–Crippen MR) is 70.0 cm³/mol. The Morgan fingerprint density at radius 1 is 1.28 bits per heavy atom. The van der Waals surface area contributed by atoms with Gasteiger partial charge >= 0.3 is 10.2 Å². The van der Waals surface area contributed by atoms with E-state index >= 15 is 0 Å². The standard InChI is InChI=1S/C12H16N2O3S/c1-10(15)11-5-3-6-12(9-11)14-8-4-7-13(2)18(14,16)17/h3,5-6,9H,4,7-8H2,1-2H3. The van der Waals surface area contributed by atoms with Gasteiger partial charge in [-0.15, -0.1) is 0 Å². The second-order valence-electron chi connectivity index (χ2n) is 4.36. The van der Waals surface area contributed by atoms with E-state index in [0.717, 1.165) is 6.42 Å². The molecule has 1 aromatic carbocycles. The van der Waals surface area contributed by atoms with Crippen molar-refractivity contribution in [1.82, 2.24) is 4.31 Å². The van der Waals surface area contributed by atoms with E-state index in [9.17, 15) is 13.2 Å². The van der Waals surface area contributed by atoms with Crippen LogP contribution in [0.5, 0.6) is 0 Å². The average Bonchev–Trinajstić information content (AvgIpc) is 2.32.